The standard InChI is InChI=1S/C30H19ClN2O4.B94/c31-24-16-22(29(34)36-25-11-13-27(32-18-25)20-7-3-1-4-8-20)15-23(17-24)30(35)37-26-12-14-28(33-19-26)21-9-5-2-6-10-21;1-49(2)73(50(3)4)85(74(51(5)6)52(7)8)91(86(75(53(9)10)54(11)12)76(55(13)14)56(15)16)94(92(87(77(57(17)18)58(19)20)78(59(21)22)60(23)24)88(79(61(25)26)62(27)28)80(63(29)30)64(31)32)93(89(81(65(33)34)66(35)36)82(67(37)38)68(39)40)90(83(69(41)42)70(43)44)84(71(45)46)72(47)48/h1-19H;. The first kappa shape index (κ1) is 125. The molecule has 5 rings (SSSR count). The predicted octanol–water partition coefficient (Wildman–Crippen LogP) is -28.9. The van der Waals surface area contributed by atoms with Crippen LogP contribution in [0.1, 0.15) is 20.7 Å². The molecule has 5 aromatic rings. The predicted molar refractivity (Wildman–Crippen MR) is 682 cm³/mol. The van der Waals surface area contributed by atoms with E-state index in [0.717, 1.165) is 22.5 Å². The maximum Gasteiger partial charge on any atom is 0.343 e. The lowest BCUT2D eigenvalue weighted by atomic mass is 8.19. The van der Waals surface area contributed by atoms with Gasteiger partial charge in [0.2, 0.25) is 0 Å². The van der Waals surface area contributed by atoms with E-state index in [0.29, 0.717) is 0 Å². The molecule has 0 atom stereocenters. The summed E-state index contributed by atoms with van der Waals surface area (Å²) in [6.07, 6.45) is -82.0. The molecule has 2 heterocycles. The van der Waals surface area contributed by atoms with Crippen molar-refractivity contribution in [1.82, 2.24) is 9.97 Å². The van der Waals surface area contributed by atoms with Crippen LogP contribution >= 0.6 is 11.6 Å². The Bertz CT molecular complexity index is 3400. The molecule has 101 heteroatoms. The number of aromatic nitrogens is 2. The van der Waals surface area contributed by atoms with Gasteiger partial charge in [0, 0.05) is 681 Å². The highest BCUT2D eigenvalue weighted by Crippen LogP contribution is 2.32. The maximum absolute atomic E-state index is 12.8. The third-order valence-corrected chi connectivity index (χ3v) is 25.6. The molecule has 0 aliphatic heterocycles. The van der Waals surface area contributed by atoms with Gasteiger partial charge in [0.15, 0.2) is 0 Å². The van der Waals surface area contributed by atoms with Gasteiger partial charge in [-0.1, -0.05) is 72.3 Å². The number of carbonyl (C=O) groups is 2. The van der Waals surface area contributed by atoms with Crippen molar-refractivity contribution in [2.75, 3.05) is 0 Å². The number of hydrogen-bond acceptors (Lipinski definition) is 6. The van der Waals surface area contributed by atoms with E-state index in [2.05, 4.69) is 9.97 Å². The second-order valence-corrected chi connectivity index (χ2v) is 35.0. The van der Waals surface area contributed by atoms with Gasteiger partial charge in [0.25, 0.3) is 0 Å². The SMILES string of the molecule is O=C(Oc1ccc(-c2ccccc2)nc1)c1cc(Cl)cc(C(=O)Oc2ccc(-c3ccccc3)nc2)c1.[B]B([B])B(B([B])[B])B(B(B([B])[B])B([B])[B])B(B(B(B([B])[B])B([B])[B])B(B([B])[B])B([B])[B])B(B(B(B(B([B])[B])B([B])[B])B(B([B])[B])B([B])[B])B(B(B([B])[B])B([B])[B])B(B([B])[B])B([B])[B])B(B(B(B([B])[B])B([B])[B])B(B([B])[B])B([B])[B])B(B(B([B])[B])B([B])[B])B(B([B])[B])B([B])[B]. The molecule has 96 radical (unpaired) electrons. The van der Waals surface area contributed by atoms with Crippen molar-refractivity contribution >= 4 is 689 Å². The van der Waals surface area contributed by atoms with Gasteiger partial charge in [-0.05, 0) is 42.5 Å². The van der Waals surface area contributed by atoms with Crippen LogP contribution in [0.15, 0.2) is 116 Å². The van der Waals surface area contributed by atoms with Gasteiger partial charge in [-0.25, -0.2) is 9.59 Å². The van der Waals surface area contributed by atoms with E-state index in [9.17, 15) is 9.59 Å². The number of halogens is 1. The molecule has 0 N–H and O–H groups in total. The molecule has 0 amide bonds. The first-order chi connectivity index (χ1) is 60.8. The Kier molecular flexibility index (Phi) is 55.6. The summed E-state index contributed by atoms with van der Waals surface area (Å²) in [7, 11) is 338. The number of nitrogens with zero attached hydrogens (tertiary/aromatic N) is 2. The highest BCUT2D eigenvalue weighted by Gasteiger charge is 2.68. The fourth-order valence-electron chi connectivity index (χ4n) is 20.5. The largest absolute Gasteiger partial charge is 0.421 e. The summed E-state index contributed by atoms with van der Waals surface area (Å²) < 4.78 is 10.9. The number of rotatable bonds is 51. The minimum atomic E-state index is -2.22. The van der Waals surface area contributed by atoms with Gasteiger partial charge < -0.3 is 9.47 Å². The summed E-state index contributed by atoms with van der Waals surface area (Å²) in [5, 5.41) is 0.191. The lowest BCUT2D eigenvalue weighted by Crippen LogP contribution is -3.01. The molecule has 0 spiro atoms. The molecular weight excluding hydrogens is 1500 g/mol. The van der Waals surface area contributed by atoms with Gasteiger partial charge in [0.1, 0.15) is 11.5 Å². The van der Waals surface area contributed by atoms with E-state index in [1.165, 1.54) is 30.6 Å². The third kappa shape index (κ3) is 34.2. The Morgan fingerprint density at radius 1 is 0.198 bits per heavy atom. The molecule has 6 nitrogen and oxygen atoms in total. The second-order valence-electron chi connectivity index (χ2n) is 34.6. The Morgan fingerprint density at radius 3 is 0.473 bits per heavy atom. The summed E-state index contributed by atoms with van der Waals surface area (Å²) in [5.41, 5.74) is 3.60. The highest BCUT2D eigenvalue weighted by atomic mass is 35.5. The van der Waals surface area contributed by atoms with Crippen molar-refractivity contribution in [3.63, 3.8) is 0 Å². The molecule has 0 aliphatic rings. The Hall–Kier alpha value is 1.29. The molecule has 0 aliphatic carbocycles. The van der Waals surface area contributed by atoms with Crippen molar-refractivity contribution < 1.29 is 19.1 Å². The molecule has 0 unspecified atom stereocenters. The van der Waals surface area contributed by atoms with Gasteiger partial charge in [0.05, 0.1) is 34.9 Å². The van der Waals surface area contributed by atoms with Crippen LogP contribution in [-0.2, 0) is 0 Å². The van der Waals surface area contributed by atoms with Crippen LogP contribution in [0.2, 0.25) is 5.02 Å². The van der Waals surface area contributed by atoms with Crippen molar-refractivity contribution in [3.05, 3.63) is 132 Å². The second kappa shape index (κ2) is 58.4. The van der Waals surface area contributed by atoms with Crippen molar-refractivity contribution in [2.24, 2.45) is 0 Å². The zero-order valence-corrected chi connectivity index (χ0v) is 74.4. The van der Waals surface area contributed by atoms with E-state index >= 15 is 0 Å². The van der Waals surface area contributed by atoms with Crippen LogP contribution in [0.25, 0.3) is 22.5 Å². The summed E-state index contributed by atoms with van der Waals surface area (Å²) in [6.45, 7) is 0. The van der Waals surface area contributed by atoms with Crippen LogP contribution in [0.3, 0.4) is 0 Å². The summed E-state index contributed by atoms with van der Waals surface area (Å²) in [5.74, 6) is -0.837. The van der Waals surface area contributed by atoms with Gasteiger partial charge in [-0.15, -0.1) is 0 Å². The first-order valence-corrected chi connectivity index (χ1v) is 42.7. The molecule has 0 bridgehead atoms. The number of pyridine rings is 2. The zero-order valence-electron chi connectivity index (χ0n) is 73.6. The van der Waals surface area contributed by atoms with Crippen molar-refractivity contribution in [3.8, 4) is 34.0 Å². The molecule has 0 saturated heterocycles. The topological polar surface area (TPSA) is 78.4 Å². The van der Waals surface area contributed by atoms with E-state index < -0.39 is 306 Å². The normalized spacial score (nSPS) is 10.0. The average Bonchev–Trinajstić information content (AvgIpc) is 0.706. The summed E-state index contributed by atoms with van der Waals surface area (Å²) in [6, 6.07) is 30.3. The summed E-state index contributed by atoms with van der Waals surface area (Å²) >= 11 is 6.18. The van der Waals surface area contributed by atoms with Crippen LogP contribution < -0.4 is 9.47 Å². The zero-order chi connectivity index (χ0) is 100. The van der Waals surface area contributed by atoms with Gasteiger partial charge in [-0.3, -0.25) is 9.97 Å². The molecule has 2 aromatic heterocycles. The first-order valence-electron chi connectivity index (χ1n) is 42.3. The van der Waals surface area contributed by atoms with E-state index in [4.69, 9.17) is 392 Å². The van der Waals surface area contributed by atoms with Crippen molar-refractivity contribution in [1.29, 1.82) is 0 Å². The van der Waals surface area contributed by atoms with E-state index in [1.54, 1.807) is 24.3 Å². The lowest BCUT2D eigenvalue weighted by molar-refractivity contribution is 0.0734. The Balaban J connectivity index is 0.000000791. The molecule has 0 saturated carbocycles. The van der Waals surface area contributed by atoms with Crippen LogP contribution in [0, 0.1) is 0 Å². The lowest BCUT2D eigenvalue weighted by Gasteiger charge is -2.63. The Morgan fingerprint density at radius 2 is 0.344 bits per heavy atom. The molecule has 3 aromatic carbocycles. The van der Waals surface area contributed by atoms with Crippen LogP contribution in [-0.4, -0.2) is 687 Å². The molecule has 462 valence electrons. The fourth-order valence-corrected chi connectivity index (χ4v) is 20.8. The monoisotopic (exact) mass is 1540 g/mol. The minimum Gasteiger partial charge on any atom is -0.421 e. The fraction of sp³-hybridized carbons (Fsp3) is 0. The quantitative estimate of drug-likeness (QED) is 0.0285. The molecular formula is C30H19B94ClN2O4. The Labute approximate surface area is 874 Å². The number of benzene rings is 3. The average molecular weight is 1520 g/mol. The number of esters is 2. The minimum absolute atomic E-state index is 0.101. The van der Waals surface area contributed by atoms with Crippen LogP contribution in [0.4, 0.5) is 0 Å². The summed E-state index contributed by atoms with van der Waals surface area (Å²) in [4.78, 5) is 34.2. The maximum atomic E-state index is 12.8. The van der Waals surface area contributed by atoms with E-state index in [-0.39, 0.29) is 27.6 Å². The highest BCUT2D eigenvalue weighted by molar-refractivity contribution is 8.43. The number of hydrogen-bond donors (Lipinski definition) is 0. The van der Waals surface area contributed by atoms with E-state index in [1.807, 2.05) is 60.7 Å². The molecule has 131 heavy (non-hydrogen) atoms. The molecule has 0 fully saturated rings. The third-order valence-electron chi connectivity index (χ3n) is 25.4. The van der Waals surface area contributed by atoms with Gasteiger partial charge in [-0.2, -0.15) is 0 Å². The van der Waals surface area contributed by atoms with Gasteiger partial charge >= 0.3 is 11.9 Å². The number of carbonyl (C=O) groups excluding carboxylic acids is 2. The smallest absolute Gasteiger partial charge is 0.343 e. The number of ether oxygens (including phenoxy) is 2. The van der Waals surface area contributed by atoms with Crippen molar-refractivity contribution in [2.45, 2.75) is 0 Å². The van der Waals surface area contributed by atoms with Crippen LogP contribution in [0.5, 0.6) is 11.5 Å².